The Balaban J connectivity index is 1.79. The molecule has 2 aromatic carbocycles. The zero-order valence-corrected chi connectivity index (χ0v) is 13.7. The van der Waals surface area contributed by atoms with Gasteiger partial charge in [-0.05, 0) is 61.4 Å². The van der Waals surface area contributed by atoms with E-state index in [0.29, 0.717) is 0 Å². The van der Waals surface area contributed by atoms with Gasteiger partial charge in [-0.25, -0.2) is 9.97 Å². The lowest BCUT2D eigenvalue weighted by Gasteiger charge is -2.01. The second-order valence-corrected chi connectivity index (χ2v) is 5.71. The number of fused-ring (bicyclic) bond motifs is 2. The minimum absolute atomic E-state index is 0.878. The van der Waals surface area contributed by atoms with Crippen LogP contribution in [0, 0.1) is 0 Å². The van der Waals surface area contributed by atoms with Crippen LogP contribution in [0.3, 0.4) is 0 Å². The summed E-state index contributed by atoms with van der Waals surface area (Å²) in [6.45, 7) is 3.97. The van der Waals surface area contributed by atoms with Gasteiger partial charge >= 0.3 is 0 Å². The SMILES string of the molecule is CC=Cc1nc2cc(-c3ccc4nc(C=CC)[nH]c4c3)ccc2[nH]1. The Morgan fingerprint density at radius 3 is 2.08 bits per heavy atom. The van der Waals surface area contributed by atoms with E-state index in [9.17, 15) is 0 Å². The number of aromatic amines is 2. The average molecular weight is 314 g/mol. The highest BCUT2D eigenvalue weighted by atomic mass is 14.9. The highest BCUT2D eigenvalue weighted by Gasteiger charge is 2.06. The van der Waals surface area contributed by atoms with Crippen molar-refractivity contribution in [1.29, 1.82) is 0 Å². The molecule has 0 saturated carbocycles. The van der Waals surface area contributed by atoms with Crippen molar-refractivity contribution in [3.8, 4) is 11.1 Å². The average Bonchev–Trinajstić information content (AvgIpc) is 3.16. The quantitative estimate of drug-likeness (QED) is 0.548. The molecule has 0 saturated heterocycles. The van der Waals surface area contributed by atoms with Crippen molar-refractivity contribution in [1.82, 2.24) is 19.9 Å². The van der Waals surface area contributed by atoms with Crippen LogP contribution in [-0.2, 0) is 0 Å². The molecule has 118 valence electrons. The molecular formula is C20H18N4. The number of hydrogen-bond acceptors (Lipinski definition) is 2. The van der Waals surface area contributed by atoms with Gasteiger partial charge in [0.05, 0.1) is 22.1 Å². The van der Waals surface area contributed by atoms with E-state index in [0.717, 1.165) is 44.8 Å². The van der Waals surface area contributed by atoms with E-state index in [1.54, 1.807) is 0 Å². The van der Waals surface area contributed by atoms with E-state index in [1.807, 2.05) is 44.2 Å². The highest BCUT2D eigenvalue weighted by Crippen LogP contribution is 2.26. The summed E-state index contributed by atoms with van der Waals surface area (Å²) in [6, 6.07) is 12.6. The van der Waals surface area contributed by atoms with Gasteiger partial charge in [-0.3, -0.25) is 0 Å². The number of nitrogens with one attached hydrogen (secondary N) is 2. The predicted octanol–water partition coefficient (Wildman–Crippen LogP) is 5.17. The van der Waals surface area contributed by atoms with Crippen LogP contribution in [0.25, 0.3) is 45.3 Å². The van der Waals surface area contributed by atoms with Crippen LogP contribution in [0.15, 0.2) is 48.6 Å². The van der Waals surface area contributed by atoms with E-state index in [2.05, 4.69) is 50.3 Å². The summed E-state index contributed by atoms with van der Waals surface area (Å²) in [7, 11) is 0. The maximum absolute atomic E-state index is 4.61. The van der Waals surface area contributed by atoms with Gasteiger partial charge < -0.3 is 9.97 Å². The zero-order valence-electron chi connectivity index (χ0n) is 13.7. The normalized spacial score (nSPS) is 12.2. The maximum atomic E-state index is 4.61. The topological polar surface area (TPSA) is 57.4 Å². The van der Waals surface area contributed by atoms with Gasteiger partial charge in [-0.15, -0.1) is 0 Å². The first-order chi connectivity index (χ1) is 11.8. The van der Waals surface area contributed by atoms with Gasteiger partial charge in [-0.2, -0.15) is 0 Å². The molecule has 4 aromatic rings. The number of imidazole rings is 2. The Bertz CT molecular complexity index is 992. The molecule has 0 amide bonds. The van der Waals surface area contributed by atoms with Crippen molar-refractivity contribution in [3.05, 3.63) is 60.2 Å². The minimum atomic E-state index is 0.878. The van der Waals surface area contributed by atoms with E-state index >= 15 is 0 Å². The standard InChI is InChI=1S/C20H18N4/c1-3-5-19-21-15-9-7-13(11-17(15)23-19)14-8-10-16-18(12-14)24-20(22-16)6-4-2/h3-12H,1-2H3,(H,21,23)(H,22,24). The van der Waals surface area contributed by atoms with Crippen molar-refractivity contribution in [2.24, 2.45) is 0 Å². The zero-order chi connectivity index (χ0) is 16.5. The van der Waals surface area contributed by atoms with Gasteiger partial charge in [-0.1, -0.05) is 24.3 Å². The first kappa shape index (κ1) is 14.5. The number of H-pyrrole nitrogens is 2. The second-order valence-electron chi connectivity index (χ2n) is 5.71. The van der Waals surface area contributed by atoms with Crippen LogP contribution < -0.4 is 0 Å². The molecule has 0 atom stereocenters. The van der Waals surface area contributed by atoms with E-state index < -0.39 is 0 Å². The smallest absolute Gasteiger partial charge is 0.130 e. The number of allylic oxidation sites excluding steroid dienone is 2. The predicted molar refractivity (Wildman–Crippen MR) is 101 cm³/mol. The first-order valence-corrected chi connectivity index (χ1v) is 8.02. The number of aromatic nitrogens is 4. The summed E-state index contributed by atoms with van der Waals surface area (Å²) in [5, 5.41) is 0. The van der Waals surface area contributed by atoms with Crippen molar-refractivity contribution in [2.45, 2.75) is 13.8 Å². The summed E-state index contributed by atoms with van der Waals surface area (Å²) in [6.07, 6.45) is 7.90. The molecule has 2 aromatic heterocycles. The molecule has 2 N–H and O–H groups in total. The molecule has 0 unspecified atom stereocenters. The maximum Gasteiger partial charge on any atom is 0.130 e. The molecule has 0 spiro atoms. The third kappa shape index (κ3) is 2.52. The molecule has 4 heteroatoms. The molecular weight excluding hydrogens is 296 g/mol. The third-order valence-corrected chi connectivity index (χ3v) is 3.98. The molecule has 0 aliphatic rings. The summed E-state index contributed by atoms with van der Waals surface area (Å²) in [5.41, 5.74) is 6.32. The van der Waals surface area contributed by atoms with Crippen LogP contribution in [0.5, 0.6) is 0 Å². The van der Waals surface area contributed by atoms with Crippen molar-refractivity contribution in [2.75, 3.05) is 0 Å². The highest BCUT2D eigenvalue weighted by molar-refractivity contribution is 5.87. The Labute approximate surface area is 140 Å². The first-order valence-electron chi connectivity index (χ1n) is 8.02. The number of nitrogens with zero attached hydrogens (tertiary/aromatic N) is 2. The summed E-state index contributed by atoms with van der Waals surface area (Å²) >= 11 is 0. The molecule has 4 rings (SSSR count). The molecule has 0 bridgehead atoms. The van der Waals surface area contributed by atoms with E-state index in [4.69, 9.17) is 0 Å². The summed E-state index contributed by atoms with van der Waals surface area (Å²) in [4.78, 5) is 15.8. The molecule has 2 heterocycles. The molecule has 0 aliphatic heterocycles. The minimum Gasteiger partial charge on any atom is -0.338 e. The lowest BCUT2D eigenvalue weighted by Crippen LogP contribution is -1.79. The molecule has 0 aliphatic carbocycles. The van der Waals surface area contributed by atoms with Gasteiger partial charge in [0.15, 0.2) is 0 Å². The summed E-state index contributed by atoms with van der Waals surface area (Å²) < 4.78 is 0. The molecule has 0 radical (unpaired) electrons. The van der Waals surface area contributed by atoms with Gasteiger partial charge in [0, 0.05) is 0 Å². The lowest BCUT2D eigenvalue weighted by atomic mass is 10.0. The number of hydrogen-bond donors (Lipinski definition) is 2. The third-order valence-electron chi connectivity index (χ3n) is 3.98. The van der Waals surface area contributed by atoms with Crippen molar-refractivity contribution < 1.29 is 0 Å². The largest absolute Gasteiger partial charge is 0.338 e. The Kier molecular flexibility index (Phi) is 3.50. The van der Waals surface area contributed by atoms with E-state index in [-0.39, 0.29) is 0 Å². The Morgan fingerprint density at radius 2 is 1.33 bits per heavy atom. The fourth-order valence-corrected chi connectivity index (χ4v) is 2.89. The van der Waals surface area contributed by atoms with Gasteiger partial charge in [0.1, 0.15) is 11.6 Å². The van der Waals surface area contributed by atoms with Crippen LogP contribution in [0.1, 0.15) is 25.5 Å². The number of benzene rings is 2. The fraction of sp³-hybridized carbons (Fsp3) is 0.100. The second kappa shape index (κ2) is 5.81. The fourth-order valence-electron chi connectivity index (χ4n) is 2.89. The monoisotopic (exact) mass is 314 g/mol. The Hall–Kier alpha value is -3.14. The lowest BCUT2D eigenvalue weighted by molar-refractivity contribution is 1.29. The van der Waals surface area contributed by atoms with Crippen LogP contribution in [0.4, 0.5) is 0 Å². The van der Waals surface area contributed by atoms with Crippen molar-refractivity contribution in [3.63, 3.8) is 0 Å². The van der Waals surface area contributed by atoms with Crippen molar-refractivity contribution >= 4 is 34.2 Å². The van der Waals surface area contributed by atoms with Gasteiger partial charge in [0.25, 0.3) is 0 Å². The molecule has 0 fully saturated rings. The number of rotatable bonds is 3. The van der Waals surface area contributed by atoms with E-state index in [1.165, 1.54) is 0 Å². The Morgan fingerprint density at radius 1 is 0.708 bits per heavy atom. The van der Waals surface area contributed by atoms with Crippen LogP contribution >= 0.6 is 0 Å². The molecule has 24 heavy (non-hydrogen) atoms. The summed E-state index contributed by atoms with van der Waals surface area (Å²) in [5.74, 6) is 1.76. The van der Waals surface area contributed by atoms with Crippen LogP contribution in [0.2, 0.25) is 0 Å². The van der Waals surface area contributed by atoms with Gasteiger partial charge in [0.2, 0.25) is 0 Å². The van der Waals surface area contributed by atoms with Crippen LogP contribution in [-0.4, -0.2) is 19.9 Å². The molecule has 4 nitrogen and oxygen atoms in total.